The predicted octanol–water partition coefficient (Wildman–Crippen LogP) is 5.17. The highest BCUT2D eigenvalue weighted by Gasteiger charge is 2.34. The smallest absolute Gasteiger partial charge is 0.408 e. The zero-order valence-corrected chi connectivity index (χ0v) is 20.1. The van der Waals surface area contributed by atoms with E-state index in [4.69, 9.17) is 9.47 Å². The van der Waals surface area contributed by atoms with Gasteiger partial charge in [0, 0.05) is 35.9 Å². The Kier molecular flexibility index (Phi) is 7.15. The highest BCUT2D eigenvalue weighted by molar-refractivity contribution is 5.90. The molecule has 33 heavy (non-hydrogen) atoms. The molecular formula is C25H33N3O5. The van der Waals surface area contributed by atoms with Gasteiger partial charge in [-0.1, -0.05) is 13.8 Å². The lowest BCUT2D eigenvalue weighted by Crippen LogP contribution is -2.53. The Balaban J connectivity index is 1.83. The zero-order valence-electron chi connectivity index (χ0n) is 20.1. The molecule has 0 radical (unpaired) electrons. The number of rotatable bonds is 7. The van der Waals surface area contributed by atoms with Gasteiger partial charge in [-0.2, -0.15) is 0 Å². The Hall–Kier alpha value is -3.29. The van der Waals surface area contributed by atoms with Crippen LogP contribution >= 0.6 is 0 Å². The van der Waals surface area contributed by atoms with Crippen molar-refractivity contribution in [1.29, 1.82) is 0 Å². The summed E-state index contributed by atoms with van der Waals surface area (Å²) in [5.41, 5.74) is 2.12. The van der Waals surface area contributed by atoms with E-state index in [-0.39, 0.29) is 25.2 Å². The molecule has 0 bridgehead atoms. The van der Waals surface area contributed by atoms with Crippen LogP contribution in [0.4, 0.5) is 10.6 Å². The largest absolute Gasteiger partial charge is 0.491 e. The van der Waals surface area contributed by atoms with Crippen molar-refractivity contribution in [2.24, 2.45) is 5.92 Å². The number of fused-ring (bicyclic) bond motifs is 3. The van der Waals surface area contributed by atoms with E-state index < -0.39 is 11.6 Å². The van der Waals surface area contributed by atoms with Crippen LogP contribution in [0.25, 0.3) is 11.1 Å². The standard InChI is InChI=1S/C25H33N3O5/c1-15(2)11-17(28(24(30)31)25(4,5)6)13-32-18-7-8-20-19-9-10-26-23(27-16(3)29)21(19)14-33-22(20)12-18/h7-10,12,15,17H,11,13-14H2,1-6H3,(H,30,31)(H,26,27,29)/t17-/m0/s1. The molecular weight excluding hydrogens is 422 g/mol. The van der Waals surface area contributed by atoms with Gasteiger partial charge in [-0.3, -0.25) is 9.69 Å². The number of nitrogens with zero attached hydrogens (tertiary/aromatic N) is 2. The number of carbonyl (C=O) groups is 2. The van der Waals surface area contributed by atoms with Crippen LogP contribution in [0.15, 0.2) is 30.5 Å². The molecule has 178 valence electrons. The summed E-state index contributed by atoms with van der Waals surface area (Å²) in [6, 6.07) is 7.20. The van der Waals surface area contributed by atoms with Gasteiger partial charge in [-0.15, -0.1) is 0 Å². The summed E-state index contributed by atoms with van der Waals surface area (Å²) < 4.78 is 12.0. The SMILES string of the molecule is CC(=O)Nc1nccc2c1COc1cc(OC[C@H](CC(C)C)N(C(=O)O)C(C)(C)C)ccc1-2. The molecule has 1 aliphatic heterocycles. The van der Waals surface area contributed by atoms with Crippen LogP contribution in [0, 0.1) is 5.92 Å². The Morgan fingerprint density at radius 2 is 1.97 bits per heavy atom. The van der Waals surface area contributed by atoms with Gasteiger partial charge in [0.15, 0.2) is 0 Å². The number of hydrogen-bond acceptors (Lipinski definition) is 5. The fourth-order valence-corrected chi connectivity index (χ4v) is 4.23. The van der Waals surface area contributed by atoms with Crippen LogP contribution in [-0.4, -0.2) is 45.2 Å². The van der Waals surface area contributed by atoms with Crippen molar-refractivity contribution in [3.05, 3.63) is 36.0 Å². The number of pyridine rings is 1. The fraction of sp³-hybridized carbons (Fsp3) is 0.480. The molecule has 1 aliphatic rings. The molecule has 0 spiro atoms. The number of benzene rings is 1. The summed E-state index contributed by atoms with van der Waals surface area (Å²) in [4.78, 5) is 29.2. The average Bonchev–Trinajstić information content (AvgIpc) is 2.69. The molecule has 1 aromatic heterocycles. The molecule has 2 aromatic rings. The summed E-state index contributed by atoms with van der Waals surface area (Å²) in [5.74, 6) is 1.91. The first-order chi connectivity index (χ1) is 15.5. The number of hydrogen-bond donors (Lipinski definition) is 2. The molecule has 0 saturated heterocycles. The quantitative estimate of drug-likeness (QED) is 0.597. The molecule has 2 heterocycles. The average molecular weight is 456 g/mol. The van der Waals surface area contributed by atoms with Crippen molar-refractivity contribution < 1.29 is 24.2 Å². The molecule has 8 heteroatoms. The van der Waals surface area contributed by atoms with E-state index >= 15 is 0 Å². The minimum atomic E-state index is -0.953. The lowest BCUT2D eigenvalue weighted by molar-refractivity contribution is -0.114. The van der Waals surface area contributed by atoms with Gasteiger partial charge in [-0.25, -0.2) is 9.78 Å². The van der Waals surface area contributed by atoms with Gasteiger partial charge in [0.1, 0.15) is 30.5 Å². The van der Waals surface area contributed by atoms with Crippen LogP contribution in [-0.2, 0) is 11.4 Å². The van der Waals surface area contributed by atoms with Crippen LogP contribution in [0.2, 0.25) is 0 Å². The van der Waals surface area contributed by atoms with Crippen molar-refractivity contribution in [1.82, 2.24) is 9.88 Å². The topological polar surface area (TPSA) is 101 Å². The second-order valence-electron chi connectivity index (χ2n) is 9.73. The third-order valence-electron chi connectivity index (χ3n) is 5.45. The van der Waals surface area contributed by atoms with Gasteiger partial charge in [0.05, 0.1) is 6.04 Å². The second-order valence-corrected chi connectivity index (χ2v) is 9.73. The van der Waals surface area contributed by atoms with Gasteiger partial charge in [-0.05, 0) is 56.9 Å². The lowest BCUT2D eigenvalue weighted by Gasteiger charge is -2.40. The molecule has 8 nitrogen and oxygen atoms in total. The van der Waals surface area contributed by atoms with Crippen LogP contribution in [0.5, 0.6) is 11.5 Å². The van der Waals surface area contributed by atoms with E-state index in [2.05, 4.69) is 24.1 Å². The third-order valence-corrected chi connectivity index (χ3v) is 5.45. The first-order valence-corrected chi connectivity index (χ1v) is 11.1. The number of anilines is 1. The van der Waals surface area contributed by atoms with Gasteiger partial charge >= 0.3 is 6.09 Å². The van der Waals surface area contributed by atoms with E-state index in [0.29, 0.717) is 29.7 Å². The number of nitrogens with one attached hydrogen (secondary N) is 1. The molecule has 2 N–H and O–H groups in total. The predicted molar refractivity (Wildman–Crippen MR) is 127 cm³/mol. The van der Waals surface area contributed by atoms with Crippen LogP contribution < -0.4 is 14.8 Å². The molecule has 0 saturated carbocycles. The first kappa shape index (κ1) is 24.4. The van der Waals surface area contributed by atoms with Crippen molar-refractivity contribution >= 4 is 17.8 Å². The molecule has 1 aromatic carbocycles. The minimum absolute atomic E-state index is 0.188. The summed E-state index contributed by atoms with van der Waals surface area (Å²) in [7, 11) is 0. The highest BCUT2D eigenvalue weighted by Crippen LogP contribution is 2.41. The third kappa shape index (κ3) is 5.74. The van der Waals surface area contributed by atoms with Gasteiger partial charge in [0.2, 0.25) is 5.91 Å². The molecule has 0 unspecified atom stereocenters. The van der Waals surface area contributed by atoms with Gasteiger partial charge in [0.25, 0.3) is 0 Å². The zero-order chi connectivity index (χ0) is 24.3. The Labute approximate surface area is 194 Å². The first-order valence-electron chi connectivity index (χ1n) is 11.1. The summed E-state index contributed by atoms with van der Waals surface area (Å²) >= 11 is 0. The molecule has 2 amide bonds. The normalized spacial score (nSPS) is 13.4. The monoisotopic (exact) mass is 455 g/mol. The number of ether oxygens (including phenoxy) is 2. The van der Waals surface area contributed by atoms with E-state index in [9.17, 15) is 14.7 Å². The van der Waals surface area contributed by atoms with Gasteiger partial charge < -0.3 is 19.9 Å². The number of aromatic nitrogens is 1. The van der Waals surface area contributed by atoms with E-state index in [1.54, 1.807) is 6.20 Å². The second kappa shape index (κ2) is 9.68. The molecule has 1 atom stereocenters. The maximum atomic E-state index is 12.0. The van der Waals surface area contributed by atoms with Crippen LogP contribution in [0.1, 0.15) is 53.5 Å². The summed E-state index contributed by atoms with van der Waals surface area (Å²) in [5, 5.41) is 12.6. The Morgan fingerprint density at radius 3 is 2.58 bits per heavy atom. The Morgan fingerprint density at radius 1 is 1.24 bits per heavy atom. The van der Waals surface area contributed by atoms with Crippen molar-refractivity contribution in [3.8, 4) is 22.6 Å². The molecule has 0 aliphatic carbocycles. The summed E-state index contributed by atoms with van der Waals surface area (Å²) in [6.07, 6.45) is 1.40. The molecule has 0 fully saturated rings. The van der Waals surface area contributed by atoms with E-state index in [1.807, 2.05) is 45.0 Å². The fourth-order valence-electron chi connectivity index (χ4n) is 4.23. The van der Waals surface area contributed by atoms with Crippen LogP contribution in [0.3, 0.4) is 0 Å². The summed E-state index contributed by atoms with van der Waals surface area (Å²) in [6.45, 7) is 11.8. The van der Waals surface area contributed by atoms with Crippen molar-refractivity contribution in [3.63, 3.8) is 0 Å². The van der Waals surface area contributed by atoms with E-state index in [0.717, 1.165) is 16.7 Å². The van der Waals surface area contributed by atoms with Crippen molar-refractivity contribution in [2.75, 3.05) is 11.9 Å². The highest BCUT2D eigenvalue weighted by atomic mass is 16.5. The minimum Gasteiger partial charge on any atom is -0.491 e. The maximum absolute atomic E-state index is 12.0. The van der Waals surface area contributed by atoms with Crippen molar-refractivity contribution in [2.45, 2.75) is 66.2 Å². The number of carbonyl (C=O) groups excluding carboxylic acids is 1. The maximum Gasteiger partial charge on any atom is 0.408 e. The lowest BCUT2D eigenvalue weighted by atomic mass is 9.97. The number of amides is 2. The Bertz CT molecular complexity index is 1030. The number of carboxylic acid groups (broad SMARTS) is 1. The van der Waals surface area contributed by atoms with E-state index in [1.165, 1.54) is 11.8 Å². The molecule has 3 rings (SSSR count).